The van der Waals surface area contributed by atoms with Gasteiger partial charge in [-0.25, -0.2) is 13.2 Å². The zero-order valence-electron chi connectivity index (χ0n) is 18.2. The highest BCUT2D eigenvalue weighted by Crippen LogP contribution is 2.21. The van der Waals surface area contributed by atoms with E-state index in [1.165, 1.54) is 23.4 Å². The van der Waals surface area contributed by atoms with Crippen molar-refractivity contribution in [1.29, 1.82) is 0 Å². The van der Waals surface area contributed by atoms with E-state index in [0.717, 1.165) is 5.56 Å². The summed E-state index contributed by atoms with van der Waals surface area (Å²) < 4.78 is 32.5. The molecule has 32 heavy (non-hydrogen) atoms. The van der Waals surface area contributed by atoms with Gasteiger partial charge in [0.05, 0.1) is 11.5 Å². The molecule has 0 aliphatic carbocycles. The van der Waals surface area contributed by atoms with Crippen molar-refractivity contribution < 1.29 is 22.7 Å². The van der Waals surface area contributed by atoms with Gasteiger partial charge in [0, 0.05) is 45.3 Å². The molecule has 1 fully saturated rings. The predicted octanol–water partition coefficient (Wildman–Crippen LogP) is 2.26. The van der Waals surface area contributed by atoms with Crippen LogP contribution in [0.4, 0.5) is 10.5 Å². The van der Waals surface area contributed by atoms with Gasteiger partial charge in [0.15, 0.2) is 0 Å². The van der Waals surface area contributed by atoms with Crippen LogP contribution < -0.4 is 15.4 Å². The molecular formula is C22H28N4O5S. The Kier molecular flexibility index (Phi) is 7.70. The highest BCUT2D eigenvalue weighted by atomic mass is 32.2. The number of benzene rings is 2. The van der Waals surface area contributed by atoms with Gasteiger partial charge in [-0.3, -0.25) is 4.79 Å². The van der Waals surface area contributed by atoms with Crippen molar-refractivity contribution in [2.75, 3.05) is 38.1 Å². The number of nitrogens with zero attached hydrogens (tertiary/aromatic N) is 2. The smallest absolute Gasteiger partial charge is 0.317 e. The van der Waals surface area contributed by atoms with Crippen LogP contribution in [-0.4, -0.2) is 62.3 Å². The second-order valence-corrected chi connectivity index (χ2v) is 9.27. The van der Waals surface area contributed by atoms with E-state index in [0.29, 0.717) is 37.7 Å². The minimum atomic E-state index is -3.62. The van der Waals surface area contributed by atoms with Gasteiger partial charge in [0.2, 0.25) is 15.9 Å². The molecule has 0 bridgehead atoms. The normalized spacial score (nSPS) is 14.6. The molecule has 0 atom stereocenters. The summed E-state index contributed by atoms with van der Waals surface area (Å²) in [7, 11) is -3.62. The van der Waals surface area contributed by atoms with E-state index in [9.17, 15) is 18.0 Å². The minimum Gasteiger partial charge on any atom is -0.494 e. The number of urea groups is 1. The quantitative estimate of drug-likeness (QED) is 0.659. The molecule has 172 valence electrons. The molecule has 1 aliphatic rings. The predicted molar refractivity (Wildman–Crippen MR) is 121 cm³/mol. The van der Waals surface area contributed by atoms with Crippen molar-refractivity contribution in [2.45, 2.75) is 25.3 Å². The maximum atomic E-state index is 12.9. The van der Waals surface area contributed by atoms with E-state index in [4.69, 9.17) is 4.74 Å². The Morgan fingerprint density at radius 1 is 0.969 bits per heavy atom. The third-order valence-electron chi connectivity index (χ3n) is 5.02. The molecule has 0 saturated carbocycles. The van der Waals surface area contributed by atoms with Crippen LogP contribution in [-0.2, 0) is 21.4 Å². The summed E-state index contributed by atoms with van der Waals surface area (Å²) in [5, 5.41) is 5.54. The number of rotatable bonds is 7. The van der Waals surface area contributed by atoms with E-state index >= 15 is 0 Å². The number of hydrogen-bond acceptors (Lipinski definition) is 5. The topological polar surface area (TPSA) is 108 Å². The van der Waals surface area contributed by atoms with Crippen molar-refractivity contribution >= 4 is 27.6 Å². The summed E-state index contributed by atoms with van der Waals surface area (Å²) in [4.78, 5) is 25.4. The van der Waals surface area contributed by atoms with Gasteiger partial charge in [-0.05, 0) is 48.9 Å². The van der Waals surface area contributed by atoms with Gasteiger partial charge < -0.3 is 20.3 Å². The lowest BCUT2D eigenvalue weighted by Gasteiger charge is -2.34. The van der Waals surface area contributed by atoms with E-state index in [-0.39, 0.29) is 29.9 Å². The summed E-state index contributed by atoms with van der Waals surface area (Å²) >= 11 is 0. The van der Waals surface area contributed by atoms with Gasteiger partial charge in [0.1, 0.15) is 5.75 Å². The average molecular weight is 461 g/mol. The summed E-state index contributed by atoms with van der Waals surface area (Å²) in [5.74, 6) is 0.479. The minimum absolute atomic E-state index is 0.144. The first kappa shape index (κ1) is 23.6. The number of amides is 3. The molecule has 2 aromatic carbocycles. The molecule has 1 saturated heterocycles. The summed E-state index contributed by atoms with van der Waals surface area (Å²) in [6.45, 7) is 5.24. The second-order valence-electron chi connectivity index (χ2n) is 7.33. The first-order valence-electron chi connectivity index (χ1n) is 10.4. The van der Waals surface area contributed by atoms with Crippen LogP contribution in [0.2, 0.25) is 0 Å². The summed E-state index contributed by atoms with van der Waals surface area (Å²) in [6.07, 6.45) is 0. The van der Waals surface area contributed by atoms with Crippen LogP contribution in [0.5, 0.6) is 5.75 Å². The van der Waals surface area contributed by atoms with Crippen molar-refractivity contribution in [1.82, 2.24) is 14.5 Å². The van der Waals surface area contributed by atoms with Crippen LogP contribution >= 0.6 is 0 Å². The Labute approximate surface area is 188 Å². The number of carbonyl (C=O) groups is 2. The molecule has 0 spiro atoms. The molecule has 2 N–H and O–H groups in total. The molecule has 0 radical (unpaired) electrons. The molecule has 9 nitrogen and oxygen atoms in total. The maximum absolute atomic E-state index is 12.9. The number of piperazine rings is 1. The van der Waals surface area contributed by atoms with Crippen LogP contribution in [0.15, 0.2) is 53.4 Å². The first-order chi connectivity index (χ1) is 15.3. The highest BCUT2D eigenvalue weighted by Gasteiger charge is 2.30. The fraction of sp³-hybridized carbons (Fsp3) is 0.364. The molecule has 1 aliphatic heterocycles. The Bertz CT molecular complexity index is 1030. The number of carbonyl (C=O) groups excluding carboxylic acids is 2. The fourth-order valence-corrected chi connectivity index (χ4v) is 4.78. The molecular weight excluding hydrogens is 432 g/mol. The molecule has 2 aromatic rings. The SMILES string of the molecule is CCOc1ccc(S(=O)(=O)N2CCN(C(=O)NCc3ccc(NC(C)=O)cc3)CC2)cc1. The number of hydrogen-bond donors (Lipinski definition) is 2. The van der Waals surface area contributed by atoms with E-state index in [1.807, 2.05) is 19.1 Å². The molecule has 3 rings (SSSR count). The van der Waals surface area contributed by atoms with Gasteiger partial charge in [0.25, 0.3) is 0 Å². The van der Waals surface area contributed by atoms with E-state index in [1.54, 1.807) is 29.2 Å². The van der Waals surface area contributed by atoms with Crippen molar-refractivity contribution in [3.05, 3.63) is 54.1 Å². The fourth-order valence-electron chi connectivity index (χ4n) is 3.35. The molecule has 0 unspecified atom stereocenters. The third-order valence-corrected chi connectivity index (χ3v) is 6.93. The molecule has 3 amide bonds. The Morgan fingerprint density at radius 2 is 1.59 bits per heavy atom. The number of nitrogens with one attached hydrogen (secondary N) is 2. The Morgan fingerprint density at radius 3 is 2.16 bits per heavy atom. The van der Waals surface area contributed by atoms with Crippen LogP contribution in [0.25, 0.3) is 0 Å². The molecule has 0 aromatic heterocycles. The summed E-state index contributed by atoms with van der Waals surface area (Å²) in [5.41, 5.74) is 1.58. The lowest BCUT2D eigenvalue weighted by molar-refractivity contribution is -0.114. The Hall–Kier alpha value is -3.11. The third kappa shape index (κ3) is 5.98. The van der Waals surface area contributed by atoms with Crippen LogP contribution in [0.1, 0.15) is 19.4 Å². The van der Waals surface area contributed by atoms with E-state index < -0.39 is 10.0 Å². The van der Waals surface area contributed by atoms with Crippen LogP contribution in [0, 0.1) is 0 Å². The van der Waals surface area contributed by atoms with Gasteiger partial charge in [-0.2, -0.15) is 4.31 Å². The Balaban J connectivity index is 1.50. The van der Waals surface area contributed by atoms with Gasteiger partial charge in [-0.15, -0.1) is 0 Å². The molecule has 10 heteroatoms. The second kappa shape index (κ2) is 10.5. The standard InChI is InChI=1S/C22H28N4O5S/c1-3-31-20-8-10-21(11-9-20)32(29,30)26-14-12-25(13-15-26)22(28)23-16-18-4-6-19(7-5-18)24-17(2)27/h4-11H,3,12-16H2,1-2H3,(H,23,28)(H,24,27). The number of anilines is 1. The van der Waals surface area contributed by atoms with Gasteiger partial charge >= 0.3 is 6.03 Å². The maximum Gasteiger partial charge on any atom is 0.317 e. The van der Waals surface area contributed by atoms with Crippen molar-refractivity contribution in [3.63, 3.8) is 0 Å². The zero-order chi connectivity index (χ0) is 23.1. The zero-order valence-corrected chi connectivity index (χ0v) is 19.0. The van der Waals surface area contributed by atoms with Crippen LogP contribution in [0.3, 0.4) is 0 Å². The van der Waals surface area contributed by atoms with E-state index in [2.05, 4.69) is 10.6 Å². The largest absolute Gasteiger partial charge is 0.494 e. The van der Waals surface area contributed by atoms with Crippen molar-refractivity contribution in [3.8, 4) is 5.75 Å². The highest BCUT2D eigenvalue weighted by molar-refractivity contribution is 7.89. The average Bonchev–Trinajstić information content (AvgIpc) is 2.79. The lowest BCUT2D eigenvalue weighted by atomic mass is 10.2. The monoisotopic (exact) mass is 460 g/mol. The summed E-state index contributed by atoms with van der Waals surface area (Å²) in [6, 6.07) is 13.3. The molecule has 1 heterocycles. The number of sulfonamides is 1. The number of ether oxygens (including phenoxy) is 1. The van der Waals surface area contributed by atoms with Crippen molar-refractivity contribution in [2.24, 2.45) is 0 Å². The van der Waals surface area contributed by atoms with Gasteiger partial charge in [-0.1, -0.05) is 12.1 Å². The first-order valence-corrected chi connectivity index (χ1v) is 11.9. The lowest BCUT2D eigenvalue weighted by Crippen LogP contribution is -2.52.